The number of amides is 1. The number of nitriles is 1. The van der Waals surface area contributed by atoms with Crippen molar-refractivity contribution in [2.24, 2.45) is 0 Å². The Balaban J connectivity index is 1.60. The molecule has 2 unspecified atom stereocenters. The number of anilines is 2. The van der Waals surface area contributed by atoms with Gasteiger partial charge in [-0.2, -0.15) is 18.4 Å². The third-order valence-electron chi connectivity index (χ3n) is 7.63. The zero-order valence-corrected chi connectivity index (χ0v) is 24.9. The summed E-state index contributed by atoms with van der Waals surface area (Å²) in [6, 6.07) is 4.88. The number of piperazine rings is 1. The number of carbonyl (C=O) groups excluding carboxylic acids is 1. The van der Waals surface area contributed by atoms with Crippen LogP contribution in [0.15, 0.2) is 18.2 Å². The Morgan fingerprint density at radius 1 is 1.16 bits per heavy atom. The number of halogens is 5. The molecule has 2 saturated heterocycles. The normalized spacial score (nSPS) is 18.6. The molecule has 2 aromatic carbocycles. The van der Waals surface area contributed by atoms with Crippen LogP contribution in [-0.4, -0.2) is 46.8 Å². The molecule has 0 aliphatic carbocycles. The van der Waals surface area contributed by atoms with Crippen LogP contribution < -0.4 is 15.5 Å². The number of fused-ring (bicyclic) bond motifs is 4. The molecule has 0 radical (unpaired) electrons. The van der Waals surface area contributed by atoms with E-state index in [1.807, 2.05) is 11.0 Å². The Labute approximate surface area is 252 Å². The minimum Gasteiger partial charge on any atom is -0.444 e. The molecule has 44 heavy (non-hydrogen) atoms. The van der Waals surface area contributed by atoms with Crippen molar-refractivity contribution in [1.29, 1.82) is 5.26 Å². The highest BCUT2D eigenvalue weighted by Crippen LogP contribution is 2.48. The molecule has 14 heteroatoms. The SMILES string of the molecule is Cc1nc(N2CC3CCC(C2)N3)c2cc(C(F)(F)F)c(-c3ccc(F)c4sc(NC(=O)OC(C)(C)C)c(C#N)c34)c(F)c2n1. The van der Waals surface area contributed by atoms with E-state index < -0.39 is 40.6 Å². The molecule has 2 aliphatic rings. The van der Waals surface area contributed by atoms with E-state index in [2.05, 4.69) is 20.6 Å². The summed E-state index contributed by atoms with van der Waals surface area (Å²) in [6.45, 7) is 7.38. The van der Waals surface area contributed by atoms with Crippen LogP contribution in [0.2, 0.25) is 0 Å². The molecule has 2 aromatic heterocycles. The zero-order valence-electron chi connectivity index (χ0n) is 24.1. The van der Waals surface area contributed by atoms with Crippen molar-refractivity contribution in [3.63, 3.8) is 0 Å². The average Bonchev–Trinajstić information content (AvgIpc) is 3.46. The van der Waals surface area contributed by atoms with Crippen LogP contribution in [0.25, 0.3) is 32.1 Å². The number of alkyl halides is 3. The van der Waals surface area contributed by atoms with Crippen molar-refractivity contribution in [2.45, 2.75) is 64.4 Å². The van der Waals surface area contributed by atoms with Gasteiger partial charge < -0.3 is 15.0 Å². The van der Waals surface area contributed by atoms with E-state index in [9.17, 15) is 23.2 Å². The van der Waals surface area contributed by atoms with Crippen molar-refractivity contribution in [3.8, 4) is 17.2 Å². The van der Waals surface area contributed by atoms with E-state index in [0.29, 0.717) is 24.4 Å². The van der Waals surface area contributed by atoms with E-state index in [1.165, 1.54) is 6.92 Å². The number of nitrogens with zero attached hydrogens (tertiary/aromatic N) is 4. The Bertz CT molecular complexity index is 1870. The Kier molecular flexibility index (Phi) is 7.16. The van der Waals surface area contributed by atoms with Gasteiger partial charge in [-0.15, -0.1) is 11.3 Å². The second kappa shape index (κ2) is 10.5. The van der Waals surface area contributed by atoms with E-state index >= 15 is 8.78 Å². The van der Waals surface area contributed by atoms with Gasteiger partial charge in [0, 0.05) is 41.5 Å². The molecule has 0 spiro atoms. The van der Waals surface area contributed by atoms with Crippen LogP contribution in [0.1, 0.15) is 50.6 Å². The quantitative estimate of drug-likeness (QED) is 0.230. The first kappa shape index (κ1) is 30.0. The molecule has 4 aromatic rings. The standard InChI is InChI=1S/C30H27F5N6O2S/c1-13-37-24-17(26(38-13)41-11-14-5-6-15(12-41)39-14)9-19(30(33,34)35)22(23(24)32)16-7-8-20(31)25-21(16)18(10-36)27(44-25)40-28(42)43-29(2,3)4/h7-9,14-15,39H,5-6,11-12H2,1-4H3,(H,40,42). The first-order chi connectivity index (χ1) is 20.6. The van der Waals surface area contributed by atoms with Crippen molar-refractivity contribution >= 4 is 49.2 Å². The summed E-state index contributed by atoms with van der Waals surface area (Å²) in [4.78, 5) is 23.0. The number of benzene rings is 2. The molecule has 230 valence electrons. The summed E-state index contributed by atoms with van der Waals surface area (Å²) in [6.07, 6.45) is -4.15. The predicted octanol–water partition coefficient (Wildman–Crippen LogP) is 7.28. The fourth-order valence-electron chi connectivity index (χ4n) is 5.99. The van der Waals surface area contributed by atoms with Crippen LogP contribution >= 0.6 is 11.3 Å². The van der Waals surface area contributed by atoms with Crippen LogP contribution in [0.4, 0.5) is 37.6 Å². The average molecular weight is 631 g/mol. The van der Waals surface area contributed by atoms with Crippen molar-refractivity contribution in [1.82, 2.24) is 15.3 Å². The highest BCUT2D eigenvalue weighted by atomic mass is 32.1. The number of ether oxygens (including phenoxy) is 1. The van der Waals surface area contributed by atoms with Crippen LogP contribution in [-0.2, 0) is 10.9 Å². The molecule has 1 amide bonds. The second-order valence-corrected chi connectivity index (χ2v) is 13.0. The van der Waals surface area contributed by atoms with Gasteiger partial charge in [-0.1, -0.05) is 6.07 Å². The molecule has 2 fully saturated rings. The first-order valence-corrected chi connectivity index (χ1v) is 14.7. The Hall–Kier alpha value is -4.09. The maximum Gasteiger partial charge on any atom is 0.417 e. The first-order valence-electron chi connectivity index (χ1n) is 13.9. The molecule has 4 heterocycles. The summed E-state index contributed by atoms with van der Waals surface area (Å²) >= 11 is 0.640. The lowest BCUT2D eigenvalue weighted by Crippen LogP contribution is -2.51. The van der Waals surface area contributed by atoms with Gasteiger partial charge in [0.25, 0.3) is 0 Å². The Morgan fingerprint density at radius 2 is 1.84 bits per heavy atom. The highest BCUT2D eigenvalue weighted by Gasteiger charge is 2.39. The molecule has 2 aliphatic heterocycles. The molecular weight excluding hydrogens is 603 g/mol. The summed E-state index contributed by atoms with van der Waals surface area (Å²) in [5.74, 6) is -1.75. The second-order valence-electron chi connectivity index (χ2n) is 12.0. The van der Waals surface area contributed by atoms with Crippen molar-refractivity contribution < 1.29 is 31.5 Å². The van der Waals surface area contributed by atoms with Crippen molar-refractivity contribution in [2.75, 3.05) is 23.3 Å². The number of rotatable bonds is 3. The Morgan fingerprint density at radius 3 is 2.45 bits per heavy atom. The van der Waals surface area contributed by atoms with E-state index in [1.54, 1.807) is 20.8 Å². The lowest BCUT2D eigenvalue weighted by molar-refractivity contribution is -0.137. The van der Waals surface area contributed by atoms with Gasteiger partial charge in [0.2, 0.25) is 0 Å². The smallest absolute Gasteiger partial charge is 0.417 e. The zero-order chi connectivity index (χ0) is 31.7. The molecule has 2 bridgehead atoms. The van der Waals surface area contributed by atoms with E-state index in [-0.39, 0.29) is 60.8 Å². The summed E-state index contributed by atoms with van der Waals surface area (Å²) < 4.78 is 81.1. The van der Waals surface area contributed by atoms with Gasteiger partial charge in [0.1, 0.15) is 39.6 Å². The fourth-order valence-corrected chi connectivity index (χ4v) is 7.06. The van der Waals surface area contributed by atoms with E-state index in [0.717, 1.165) is 31.0 Å². The summed E-state index contributed by atoms with van der Waals surface area (Å²) in [7, 11) is 0. The third-order valence-corrected chi connectivity index (χ3v) is 8.74. The third kappa shape index (κ3) is 5.28. The number of hydrogen-bond donors (Lipinski definition) is 2. The number of thiophene rings is 1. The highest BCUT2D eigenvalue weighted by molar-refractivity contribution is 7.23. The lowest BCUT2D eigenvalue weighted by Gasteiger charge is -2.34. The summed E-state index contributed by atoms with van der Waals surface area (Å²) in [5, 5.41) is 15.4. The van der Waals surface area contributed by atoms with Gasteiger partial charge in [-0.05, 0) is 58.2 Å². The monoisotopic (exact) mass is 630 g/mol. The van der Waals surface area contributed by atoms with Crippen LogP contribution in [0.5, 0.6) is 0 Å². The maximum atomic E-state index is 16.6. The lowest BCUT2D eigenvalue weighted by atomic mass is 9.92. The number of nitrogens with one attached hydrogen (secondary N) is 2. The van der Waals surface area contributed by atoms with Crippen LogP contribution in [0, 0.1) is 29.9 Å². The summed E-state index contributed by atoms with van der Waals surface area (Å²) in [5.41, 5.74) is -4.11. The molecule has 6 rings (SSSR count). The van der Waals surface area contributed by atoms with Gasteiger partial charge in [-0.3, -0.25) is 5.32 Å². The topological polar surface area (TPSA) is 103 Å². The molecule has 0 saturated carbocycles. The maximum absolute atomic E-state index is 16.6. The van der Waals surface area contributed by atoms with Gasteiger partial charge >= 0.3 is 12.3 Å². The van der Waals surface area contributed by atoms with Gasteiger partial charge in [-0.25, -0.2) is 23.5 Å². The van der Waals surface area contributed by atoms with E-state index in [4.69, 9.17) is 4.74 Å². The van der Waals surface area contributed by atoms with Crippen molar-refractivity contribution in [3.05, 3.63) is 46.8 Å². The molecule has 2 N–H and O–H groups in total. The van der Waals surface area contributed by atoms with Gasteiger partial charge in [0.05, 0.1) is 15.8 Å². The number of aromatic nitrogens is 2. The minimum atomic E-state index is -5.05. The number of aryl methyl sites for hydroxylation is 1. The van der Waals surface area contributed by atoms with Crippen LogP contribution in [0.3, 0.4) is 0 Å². The molecule has 2 atom stereocenters. The number of hydrogen-bond acceptors (Lipinski definition) is 8. The predicted molar refractivity (Wildman–Crippen MR) is 157 cm³/mol. The number of carbonyl (C=O) groups is 1. The minimum absolute atomic E-state index is 0.0954. The largest absolute Gasteiger partial charge is 0.444 e. The fraction of sp³-hybridized carbons (Fsp3) is 0.400. The van der Waals surface area contributed by atoms with Gasteiger partial charge in [0.15, 0.2) is 5.82 Å². The molecule has 8 nitrogen and oxygen atoms in total. The molecular formula is C30H27F5N6O2S.